The Morgan fingerprint density at radius 1 is 1.50 bits per heavy atom. The first kappa shape index (κ1) is 15.1. The fourth-order valence-corrected chi connectivity index (χ4v) is 3.42. The van der Waals surface area contributed by atoms with Crippen LogP contribution in [0, 0.1) is 5.92 Å². The molecule has 110 valence electrons. The van der Waals surface area contributed by atoms with Crippen LogP contribution in [0.3, 0.4) is 0 Å². The maximum absolute atomic E-state index is 12.0. The highest BCUT2D eigenvalue weighted by Crippen LogP contribution is 2.21. The molecule has 1 aliphatic rings. The fourth-order valence-electron chi connectivity index (χ4n) is 2.33. The third-order valence-electron chi connectivity index (χ3n) is 3.40. The van der Waals surface area contributed by atoms with Crippen molar-refractivity contribution in [1.29, 1.82) is 0 Å². The van der Waals surface area contributed by atoms with E-state index in [2.05, 4.69) is 5.32 Å². The molecule has 5 nitrogen and oxygen atoms in total. The van der Waals surface area contributed by atoms with Crippen molar-refractivity contribution in [2.24, 2.45) is 11.7 Å². The second kappa shape index (κ2) is 6.95. The molecule has 0 aliphatic carbocycles. The Hall–Kier alpha value is -1.27. The van der Waals surface area contributed by atoms with E-state index in [0.29, 0.717) is 19.6 Å². The van der Waals surface area contributed by atoms with Crippen LogP contribution in [0.4, 0.5) is 4.79 Å². The molecule has 0 bridgehead atoms. The van der Waals surface area contributed by atoms with Crippen LogP contribution in [-0.2, 0) is 11.2 Å². The molecule has 0 radical (unpaired) electrons. The van der Waals surface area contributed by atoms with Gasteiger partial charge in [-0.05, 0) is 31.4 Å². The molecule has 1 aromatic rings. The summed E-state index contributed by atoms with van der Waals surface area (Å²) in [5.74, 6) is -0.151. The molecule has 1 aliphatic heterocycles. The van der Waals surface area contributed by atoms with Gasteiger partial charge in [0.15, 0.2) is 0 Å². The lowest BCUT2D eigenvalue weighted by molar-refractivity contribution is -0.126. The Bertz CT molecular complexity index is 492. The molecule has 0 unspecified atom stereocenters. The Morgan fingerprint density at radius 2 is 2.30 bits per heavy atom. The van der Waals surface area contributed by atoms with Crippen LogP contribution in [0.25, 0.3) is 0 Å². The highest BCUT2D eigenvalue weighted by molar-refractivity contribution is 7.16. The van der Waals surface area contributed by atoms with Gasteiger partial charge in [-0.2, -0.15) is 0 Å². The van der Waals surface area contributed by atoms with Crippen LogP contribution in [0.1, 0.15) is 17.7 Å². The second-order valence-corrected chi connectivity index (χ2v) is 6.67. The minimum Gasteiger partial charge on any atom is -0.355 e. The maximum Gasteiger partial charge on any atom is 0.314 e. The van der Waals surface area contributed by atoms with Crippen molar-refractivity contribution in [2.75, 3.05) is 19.6 Å². The number of nitrogens with one attached hydrogen (secondary N) is 1. The Balaban J connectivity index is 1.75. The largest absolute Gasteiger partial charge is 0.355 e. The highest BCUT2D eigenvalue weighted by atomic mass is 35.5. The predicted molar refractivity (Wildman–Crippen MR) is 79.9 cm³/mol. The average Bonchev–Trinajstić information content (AvgIpc) is 2.84. The van der Waals surface area contributed by atoms with Gasteiger partial charge in [-0.15, -0.1) is 11.3 Å². The lowest BCUT2D eigenvalue weighted by atomic mass is 9.97. The first-order chi connectivity index (χ1) is 9.56. The van der Waals surface area contributed by atoms with Gasteiger partial charge in [-0.1, -0.05) is 11.6 Å². The van der Waals surface area contributed by atoms with Crippen LogP contribution < -0.4 is 11.1 Å². The predicted octanol–water partition coefficient (Wildman–Crippen LogP) is 1.85. The molecular formula is C13H18ClN3O2S. The fraction of sp³-hybridized carbons (Fsp3) is 0.538. The lowest BCUT2D eigenvalue weighted by Crippen LogP contribution is -2.47. The number of hydrogen-bond donors (Lipinski definition) is 2. The van der Waals surface area contributed by atoms with Crippen molar-refractivity contribution in [3.63, 3.8) is 0 Å². The summed E-state index contributed by atoms with van der Waals surface area (Å²) in [5, 5.41) is 2.92. The zero-order valence-electron chi connectivity index (χ0n) is 11.1. The number of rotatable bonds is 4. The quantitative estimate of drug-likeness (QED) is 0.889. The smallest absolute Gasteiger partial charge is 0.314 e. The topological polar surface area (TPSA) is 75.4 Å². The number of thiophene rings is 1. The SMILES string of the molecule is NC(=O)N1CCC[C@H](C(=O)NCCc2ccc(Cl)s2)C1. The van der Waals surface area contributed by atoms with Gasteiger partial charge in [0.2, 0.25) is 5.91 Å². The van der Waals surface area contributed by atoms with Crippen molar-refractivity contribution >= 4 is 34.9 Å². The number of carbonyl (C=O) groups excluding carboxylic acids is 2. The van der Waals surface area contributed by atoms with Crippen LogP contribution in [0.5, 0.6) is 0 Å². The van der Waals surface area contributed by atoms with Gasteiger partial charge >= 0.3 is 6.03 Å². The van der Waals surface area contributed by atoms with Crippen molar-refractivity contribution < 1.29 is 9.59 Å². The number of nitrogens with zero attached hydrogens (tertiary/aromatic N) is 1. The van der Waals surface area contributed by atoms with Gasteiger partial charge in [0.25, 0.3) is 0 Å². The monoisotopic (exact) mass is 315 g/mol. The molecular weight excluding hydrogens is 298 g/mol. The molecule has 0 aromatic carbocycles. The van der Waals surface area contributed by atoms with Crippen LogP contribution in [0.2, 0.25) is 4.34 Å². The molecule has 1 saturated heterocycles. The molecule has 3 N–H and O–H groups in total. The van der Waals surface area contributed by atoms with Gasteiger partial charge < -0.3 is 16.0 Å². The van der Waals surface area contributed by atoms with E-state index in [1.54, 1.807) is 0 Å². The van der Waals surface area contributed by atoms with Gasteiger partial charge in [0, 0.05) is 24.5 Å². The minimum absolute atomic E-state index is 0.00129. The Kier molecular flexibility index (Phi) is 5.25. The number of nitrogens with two attached hydrogens (primary N) is 1. The van der Waals surface area contributed by atoms with E-state index in [1.165, 1.54) is 16.2 Å². The van der Waals surface area contributed by atoms with E-state index in [0.717, 1.165) is 28.5 Å². The summed E-state index contributed by atoms with van der Waals surface area (Å²) in [6, 6.07) is 3.37. The van der Waals surface area contributed by atoms with Crippen LogP contribution >= 0.6 is 22.9 Å². The number of carbonyl (C=O) groups is 2. The Labute approximate surface area is 127 Å². The molecule has 7 heteroatoms. The molecule has 20 heavy (non-hydrogen) atoms. The van der Waals surface area contributed by atoms with Crippen molar-refractivity contribution in [1.82, 2.24) is 10.2 Å². The summed E-state index contributed by atoms with van der Waals surface area (Å²) < 4.78 is 0.760. The maximum atomic E-state index is 12.0. The molecule has 2 heterocycles. The average molecular weight is 316 g/mol. The van der Waals surface area contributed by atoms with Crippen LogP contribution in [-0.4, -0.2) is 36.5 Å². The summed E-state index contributed by atoms with van der Waals surface area (Å²) in [6.07, 6.45) is 2.40. The summed E-state index contributed by atoms with van der Waals surface area (Å²) in [7, 11) is 0. The number of halogens is 1. The van der Waals surface area contributed by atoms with E-state index in [-0.39, 0.29) is 11.8 Å². The number of primary amides is 1. The van der Waals surface area contributed by atoms with Crippen molar-refractivity contribution in [3.05, 3.63) is 21.3 Å². The molecule has 3 amide bonds. The highest BCUT2D eigenvalue weighted by Gasteiger charge is 2.27. The zero-order chi connectivity index (χ0) is 14.5. The zero-order valence-corrected chi connectivity index (χ0v) is 12.7. The van der Waals surface area contributed by atoms with E-state index < -0.39 is 6.03 Å². The number of piperidine rings is 1. The van der Waals surface area contributed by atoms with Crippen molar-refractivity contribution in [3.8, 4) is 0 Å². The summed E-state index contributed by atoms with van der Waals surface area (Å²) in [6.45, 7) is 1.65. The molecule has 0 saturated carbocycles. The normalized spacial score (nSPS) is 18.9. The van der Waals surface area contributed by atoms with Gasteiger partial charge in [0.05, 0.1) is 10.3 Å². The standard InChI is InChI=1S/C13H18ClN3O2S/c14-11-4-3-10(20-11)5-6-16-12(18)9-2-1-7-17(8-9)13(15)19/h3-4,9H,1-2,5-8H2,(H2,15,19)(H,16,18)/t9-/m0/s1. The molecule has 1 aromatic heterocycles. The van der Waals surface area contributed by atoms with Crippen LogP contribution in [0.15, 0.2) is 12.1 Å². The third kappa shape index (κ3) is 4.11. The Morgan fingerprint density at radius 3 is 2.95 bits per heavy atom. The van der Waals surface area contributed by atoms with E-state index in [4.69, 9.17) is 17.3 Å². The van der Waals surface area contributed by atoms with E-state index >= 15 is 0 Å². The lowest BCUT2D eigenvalue weighted by Gasteiger charge is -2.30. The molecule has 1 atom stereocenters. The first-order valence-corrected chi connectivity index (χ1v) is 7.82. The molecule has 0 spiro atoms. The molecule has 2 rings (SSSR count). The molecule has 1 fully saturated rings. The third-order valence-corrected chi connectivity index (χ3v) is 4.69. The van der Waals surface area contributed by atoms with Gasteiger partial charge in [0.1, 0.15) is 0 Å². The first-order valence-electron chi connectivity index (χ1n) is 6.62. The second-order valence-electron chi connectivity index (χ2n) is 4.87. The summed E-state index contributed by atoms with van der Waals surface area (Å²) >= 11 is 7.38. The van der Waals surface area contributed by atoms with Gasteiger partial charge in [-0.3, -0.25) is 4.79 Å². The summed E-state index contributed by atoms with van der Waals surface area (Å²) in [4.78, 5) is 25.9. The number of hydrogen-bond acceptors (Lipinski definition) is 3. The van der Waals surface area contributed by atoms with Crippen molar-refractivity contribution in [2.45, 2.75) is 19.3 Å². The number of urea groups is 1. The number of amides is 3. The number of likely N-dealkylation sites (tertiary alicyclic amines) is 1. The van der Waals surface area contributed by atoms with E-state index in [1.807, 2.05) is 12.1 Å². The minimum atomic E-state index is -0.448. The van der Waals surface area contributed by atoms with E-state index in [9.17, 15) is 9.59 Å². The van der Waals surface area contributed by atoms with Gasteiger partial charge in [-0.25, -0.2) is 4.79 Å². The summed E-state index contributed by atoms with van der Waals surface area (Å²) in [5.41, 5.74) is 5.25.